The molecule has 0 N–H and O–H groups in total. The van der Waals surface area contributed by atoms with Crippen LogP contribution in [0.15, 0.2) is 40.7 Å². The minimum Gasteiger partial charge on any atom is -0.340 e. The molecule has 1 amide bonds. The molecule has 1 unspecified atom stereocenters. The van der Waals surface area contributed by atoms with Crippen molar-refractivity contribution in [2.75, 3.05) is 37.6 Å². The van der Waals surface area contributed by atoms with E-state index in [4.69, 9.17) is 0 Å². The number of benzene rings is 1. The van der Waals surface area contributed by atoms with Crippen LogP contribution in [0.25, 0.3) is 0 Å². The lowest BCUT2D eigenvalue weighted by atomic mass is 10.2. The number of hydrogen-bond acceptors (Lipinski definition) is 6. The molecule has 1 aromatic carbocycles. The summed E-state index contributed by atoms with van der Waals surface area (Å²) in [6, 6.07) is 4.62. The lowest BCUT2D eigenvalue weighted by Crippen LogP contribution is -2.47. The van der Waals surface area contributed by atoms with Crippen molar-refractivity contribution in [3.8, 4) is 0 Å². The standard InChI is InChI=1S/C19H23FN4O3S2/c20-15-4-6-16(7-5-15)29(26,27)23-10-2-9-22(12-13-23)18(25)17-3-1-11-24(17)19-21-8-14-28-19/h4-8,14,17H,1-3,9-13H2. The Balaban J connectivity index is 1.44. The topological polar surface area (TPSA) is 73.8 Å². The lowest BCUT2D eigenvalue weighted by Gasteiger charge is -2.29. The molecule has 4 rings (SSSR count). The van der Waals surface area contributed by atoms with Gasteiger partial charge in [-0.3, -0.25) is 4.79 Å². The zero-order valence-electron chi connectivity index (χ0n) is 15.9. The molecule has 1 aromatic heterocycles. The van der Waals surface area contributed by atoms with Crippen LogP contribution >= 0.6 is 11.3 Å². The van der Waals surface area contributed by atoms with E-state index in [1.807, 2.05) is 5.38 Å². The number of hydrogen-bond donors (Lipinski definition) is 0. The van der Waals surface area contributed by atoms with Gasteiger partial charge in [0.25, 0.3) is 0 Å². The molecule has 0 spiro atoms. The number of thiazole rings is 1. The molecule has 2 aliphatic heterocycles. The summed E-state index contributed by atoms with van der Waals surface area (Å²) < 4.78 is 40.3. The molecular weight excluding hydrogens is 415 g/mol. The maximum Gasteiger partial charge on any atom is 0.245 e. The number of anilines is 1. The summed E-state index contributed by atoms with van der Waals surface area (Å²) in [5.41, 5.74) is 0. The Morgan fingerprint density at radius 3 is 2.59 bits per heavy atom. The Morgan fingerprint density at radius 1 is 1.07 bits per heavy atom. The van der Waals surface area contributed by atoms with E-state index in [2.05, 4.69) is 9.88 Å². The van der Waals surface area contributed by atoms with Gasteiger partial charge in [0.05, 0.1) is 4.90 Å². The second-order valence-electron chi connectivity index (χ2n) is 7.20. The number of sulfonamides is 1. The largest absolute Gasteiger partial charge is 0.340 e. The first-order chi connectivity index (χ1) is 14.0. The Bertz CT molecular complexity index is 950. The molecule has 0 aliphatic carbocycles. The van der Waals surface area contributed by atoms with Gasteiger partial charge in [-0.1, -0.05) is 0 Å². The Hall–Kier alpha value is -2.04. The van der Waals surface area contributed by atoms with Crippen molar-refractivity contribution in [3.05, 3.63) is 41.7 Å². The van der Waals surface area contributed by atoms with Gasteiger partial charge >= 0.3 is 0 Å². The molecule has 1 atom stereocenters. The number of amides is 1. The summed E-state index contributed by atoms with van der Waals surface area (Å²) in [5.74, 6) is -0.434. The normalized spacial score (nSPS) is 21.3. The average Bonchev–Trinajstić information content (AvgIpc) is 3.34. The third kappa shape index (κ3) is 4.15. The van der Waals surface area contributed by atoms with Crippen LogP contribution in [-0.4, -0.2) is 67.3 Å². The van der Waals surface area contributed by atoms with Gasteiger partial charge in [0, 0.05) is 44.3 Å². The van der Waals surface area contributed by atoms with E-state index in [0.717, 1.165) is 36.7 Å². The van der Waals surface area contributed by atoms with Crippen LogP contribution in [0.2, 0.25) is 0 Å². The fourth-order valence-corrected chi connectivity index (χ4v) is 6.12. The average molecular weight is 439 g/mol. The molecular formula is C19H23FN4O3S2. The highest BCUT2D eigenvalue weighted by Gasteiger charge is 2.36. The first kappa shape index (κ1) is 20.2. The molecule has 2 saturated heterocycles. The maximum absolute atomic E-state index is 13.2. The quantitative estimate of drug-likeness (QED) is 0.732. The van der Waals surface area contributed by atoms with Crippen molar-refractivity contribution < 1.29 is 17.6 Å². The highest BCUT2D eigenvalue weighted by atomic mass is 32.2. The van der Waals surface area contributed by atoms with Crippen LogP contribution in [0.3, 0.4) is 0 Å². The highest BCUT2D eigenvalue weighted by Crippen LogP contribution is 2.28. The number of aromatic nitrogens is 1. The first-order valence-corrected chi connectivity index (χ1v) is 12.0. The van der Waals surface area contributed by atoms with Gasteiger partial charge < -0.3 is 9.80 Å². The van der Waals surface area contributed by atoms with Crippen LogP contribution in [0, 0.1) is 5.82 Å². The van der Waals surface area contributed by atoms with Crippen LogP contribution in [0.1, 0.15) is 19.3 Å². The van der Waals surface area contributed by atoms with Crippen molar-refractivity contribution >= 4 is 32.4 Å². The summed E-state index contributed by atoms with van der Waals surface area (Å²) in [7, 11) is -3.71. The van der Waals surface area contributed by atoms with Crippen LogP contribution in [0.4, 0.5) is 9.52 Å². The fraction of sp³-hybridized carbons (Fsp3) is 0.474. The Labute approximate surface area is 173 Å². The van der Waals surface area contributed by atoms with Crippen molar-refractivity contribution in [1.82, 2.24) is 14.2 Å². The zero-order valence-corrected chi connectivity index (χ0v) is 17.5. The minimum absolute atomic E-state index is 0.0405. The summed E-state index contributed by atoms with van der Waals surface area (Å²) >= 11 is 1.52. The van der Waals surface area contributed by atoms with E-state index >= 15 is 0 Å². The SMILES string of the molecule is O=C(C1CCCN1c1nccs1)N1CCCN(S(=O)(=O)c2ccc(F)cc2)CC1. The summed E-state index contributed by atoms with van der Waals surface area (Å²) in [6.07, 6.45) is 4.03. The third-order valence-electron chi connectivity index (χ3n) is 5.42. The van der Waals surface area contributed by atoms with E-state index in [0.29, 0.717) is 26.1 Å². The number of carbonyl (C=O) groups is 1. The van der Waals surface area contributed by atoms with Gasteiger partial charge in [-0.05, 0) is 43.5 Å². The molecule has 0 radical (unpaired) electrons. The monoisotopic (exact) mass is 438 g/mol. The molecule has 156 valence electrons. The predicted octanol–water partition coefficient (Wildman–Crippen LogP) is 2.17. The summed E-state index contributed by atoms with van der Waals surface area (Å²) in [5, 5.41) is 2.76. The molecule has 10 heteroatoms. The number of rotatable bonds is 4. The summed E-state index contributed by atoms with van der Waals surface area (Å²) in [4.78, 5) is 21.4. The zero-order chi connectivity index (χ0) is 20.4. The second kappa shape index (κ2) is 8.37. The van der Waals surface area contributed by atoms with Crippen LogP contribution in [0.5, 0.6) is 0 Å². The third-order valence-corrected chi connectivity index (χ3v) is 8.14. The van der Waals surface area contributed by atoms with Gasteiger partial charge in [-0.25, -0.2) is 17.8 Å². The van der Waals surface area contributed by atoms with E-state index < -0.39 is 15.8 Å². The minimum atomic E-state index is -3.71. The number of nitrogens with zero attached hydrogens (tertiary/aromatic N) is 4. The van der Waals surface area contributed by atoms with Crippen molar-refractivity contribution in [2.45, 2.75) is 30.2 Å². The number of halogens is 1. The van der Waals surface area contributed by atoms with Crippen molar-refractivity contribution in [3.63, 3.8) is 0 Å². The van der Waals surface area contributed by atoms with Gasteiger partial charge in [0.1, 0.15) is 11.9 Å². The van der Waals surface area contributed by atoms with Crippen molar-refractivity contribution in [2.24, 2.45) is 0 Å². The first-order valence-electron chi connectivity index (χ1n) is 9.67. The highest BCUT2D eigenvalue weighted by molar-refractivity contribution is 7.89. The van der Waals surface area contributed by atoms with Crippen LogP contribution in [-0.2, 0) is 14.8 Å². The smallest absolute Gasteiger partial charge is 0.245 e. The van der Waals surface area contributed by atoms with E-state index in [1.165, 1.54) is 27.8 Å². The van der Waals surface area contributed by atoms with Gasteiger partial charge in [-0.15, -0.1) is 11.3 Å². The van der Waals surface area contributed by atoms with Crippen LogP contribution < -0.4 is 4.90 Å². The Morgan fingerprint density at radius 2 is 1.86 bits per heavy atom. The second-order valence-corrected chi connectivity index (χ2v) is 10.0. The maximum atomic E-state index is 13.2. The predicted molar refractivity (Wildman–Crippen MR) is 109 cm³/mol. The fourth-order valence-electron chi connectivity index (χ4n) is 3.93. The number of carbonyl (C=O) groups excluding carboxylic acids is 1. The van der Waals surface area contributed by atoms with E-state index in [-0.39, 0.29) is 23.4 Å². The molecule has 2 aliphatic rings. The molecule has 7 nitrogen and oxygen atoms in total. The molecule has 3 heterocycles. The Kier molecular flexibility index (Phi) is 5.84. The molecule has 2 aromatic rings. The molecule has 2 fully saturated rings. The van der Waals surface area contributed by atoms with E-state index in [9.17, 15) is 17.6 Å². The van der Waals surface area contributed by atoms with Gasteiger partial charge in [0.15, 0.2) is 5.13 Å². The lowest BCUT2D eigenvalue weighted by molar-refractivity contribution is -0.132. The van der Waals surface area contributed by atoms with Gasteiger partial charge in [-0.2, -0.15) is 4.31 Å². The molecule has 29 heavy (non-hydrogen) atoms. The summed E-state index contributed by atoms with van der Waals surface area (Å²) in [6.45, 7) is 2.25. The molecule has 0 bridgehead atoms. The van der Waals surface area contributed by atoms with Crippen molar-refractivity contribution in [1.29, 1.82) is 0 Å². The van der Waals surface area contributed by atoms with Gasteiger partial charge in [0.2, 0.25) is 15.9 Å². The van der Waals surface area contributed by atoms with E-state index in [1.54, 1.807) is 11.1 Å². The molecule has 0 saturated carbocycles.